The minimum absolute atomic E-state index is 0.0124. The molecule has 1 spiro atoms. The van der Waals surface area contributed by atoms with Gasteiger partial charge in [0.1, 0.15) is 0 Å². The lowest BCUT2D eigenvalue weighted by molar-refractivity contribution is -0.149. The van der Waals surface area contributed by atoms with Crippen LogP contribution in [0.2, 0.25) is 18.6 Å². The fourth-order valence-corrected chi connectivity index (χ4v) is 9.57. The van der Waals surface area contributed by atoms with Crippen molar-refractivity contribution in [3.63, 3.8) is 0 Å². The topological polar surface area (TPSA) is 90.3 Å². The van der Waals surface area contributed by atoms with Gasteiger partial charge in [0.2, 0.25) is 5.91 Å². The molecule has 0 unspecified atom stereocenters. The van der Waals surface area contributed by atoms with Gasteiger partial charge in [0.05, 0.1) is 24.8 Å². The maximum absolute atomic E-state index is 14.5. The van der Waals surface area contributed by atoms with Crippen LogP contribution in [0.1, 0.15) is 24.5 Å². The van der Waals surface area contributed by atoms with Crippen molar-refractivity contribution in [1.29, 1.82) is 0 Å². The summed E-state index contributed by atoms with van der Waals surface area (Å²) in [6.45, 7) is 6.07. The van der Waals surface area contributed by atoms with Gasteiger partial charge in [-0.25, -0.2) is 0 Å². The number of ether oxygens (including phenoxy) is 1. The lowest BCUT2D eigenvalue weighted by atomic mass is 9.82. The number of hydrogen-bond acceptors (Lipinski definition) is 5. The Morgan fingerprint density at radius 1 is 1.07 bits per heavy atom. The molecule has 5 rings (SSSR count). The Morgan fingerprint density at radius 2 is 1.73 bits per heavy atom. The minimum atomic E-state index is -2.92. The predicted octanol–water partition coefficient (Wildman–Crippen LogP) is 5.18. The van der Waals surface area contributed by atoms with Crippen molar-refractivity contribution in [3.8, 4) is 0 Å². The second-order valence-electron chi connectivity index (χ2n) is 11.2. The van der Waals surface area contributed by atoms with Crippen molar-refractivity contribution in [2.75, 3.05) is 18.1 Å². The van der Waals surface area contributed by atoms with Gasteiger partial charge in [-0.15, -0.1) is 0 Å². The number of hydrogen-bond donors (Lipinski definition) is 2. The van der Waals surface area contributed by atoms with Gasteiger partial charge in [0.25, 0.3) is 5.91 Å². The van der Waals surface area contributed by atoms with Crippen LogP contribution >= 0.6 is 22.6 Å². The Kier molecular flexibility index (Phi) is 8.22. The van der Waals surface area contributed by atoms with Crippen LogP contribution in [0.25, 0.3) is 0 Å². The van der Waals surface area contributed by atoms with Crippen LogP contribution in [0.4, 0.5) is 11.4 Å². The number of aliphatic hydroxyl groups is 1. The molecule has 0 saturated carbocycles. The first-order chi connectivity index (χ1) is 19.1. The smallest absolute Gasteiger partial charge is 0.268 e. The second kappa shape index (κ2) is 11.4. The highest BCUT2D eigenvalue weighted by molar-refractivity contribution is 14.1. The summed E-state index contributed by atoms with van der Waals surface area (Å²) in [6.07, 6.45) is -0.644. The number of fused-ring (bicyclic) bond motifs is 2. The molecule has 0 bridgehead atoms. The molecule has 1 saturated heterocycles. The summed E-state index contributed by atoms with van der Waals surface area (Å²) in [5.74, 6) is -0.739. The normalized spacial score (nSPS) is 24.0. The van der Waals surface area contributed by atoms with Crippen molar-refractivity contribution in [2.24, 2.45) is 5.92 Å². The van der Waals surface area contributed by atoms with Crippen molar-refractivity contribution >= 4 is 54.1 Å². The summed E-state index contributed by atoms with van der Waals surface area (Å²) in [5.41, 5.74) is 1.55. The number of anilines is 2. The van der Waals surface area contributed by atoms with E-state index in [1.54, 1.807) is 9.80 Å². The molecule has 2 aliphatic heterocycles. The van der Waals surface area contributed by atoms with E-state index in [-0.39, 0.29) is 42.8 Å². The number of halogens is 1. The molecule has 2 amide bonds. The van der Waals surface area contributed by atoms with E-state index in [4.69, 9.17) is 4.74 Å². The molecule has 2 aliphatic rings. The molecule has 40 heavy (non-hydrogen) atoms. The average Bonchev–Trinajstić information content (AvgIpc) is 3.35. The number of aliphatic hydroxyl groups excluding tert-OH is 1. The molecule has 1 fully saturated rings. The SMILES string of the molecule is C[C@H]1[C@H]([Si](C)(C)O)[C@@H](CC(=O)N(CCO)Cc2ccccc2)O[C@]12C(=O)N(c1ccccc1)c1ccc(I)cc12. The van der Waals surface area contributed by atoms with Crippen molar-refractivity contribution in [2.45, 2.75) is 50.2 Å². The van der Waals surface area contributed by atoms with E-state index in [0.717, 1.165) is 26.1 Å². The molecule has 4 atom stereocenters. The van der Waals surface area contributed by atoms with E-state index in [9.17, 15) is 19.5 Å². The van der Waals surface area contributed by atoms with Gasteiger partial charge in [-0.3, -0.25) is 14.5 Å². The molecule has 3 aromatic rings. The first-order valence-corrected chi connectivity index (χ1v) is 17.7. The van der Waals surface area contributed by atoms with Crippen LogP contribution in [-0.4, -0.2) is 54.2 Å². The number of nitrogens with zero attached hydrogens (tertiary/aromatic N) is 2. The number of rotatable bonds is 8. The third-order valence-corrected chi connectivity index (χ3v) is 11.4. The molecule has 0 radical (unpaired) electrons. The van der Waals surface area contributed by atoms with E-state index < -0.39 is 20.0 Å². The lowest BCUT2D eigenvalue weighted by Gasteiger charge is -2.32. The van der Waals surface area contributed by atoms with Gasteiger partial charge >= 0.3 is 0 Å². The van der Waals surface area contributed by atoms with E-state index in [0.29, 0.717) is 6.54 Å². The van der Waals surface area contributed by atoms with Crippen molar-refractivity contribution < 1.29 is 24.2 Å². The van der Waals surface area contributed by atoms with Gasteiger partial charge < -0.3 is 19.5 Å². The summed E-state index contributed by atoms with van der Waals surface area (Å²) in [5, 5.41) is 9.71. The molecule has 9 heteroatoms. The summed E-state index contributed by atoms with van der Waals surface area (Å²) >= 11 is 2.24. The van der Waals surface area contributed by atoms with Crippen LogP contribution in [0.15, 0.2) is 78.9 Å². The minimum Gasteiger partial charge on any atom is -0.432 e. The number of carbonyl (C=O) groups is 2. The van der Waals surface area contributed by atoms with E-state index >= 15 is 0 Å². The van der Waals surface area contributed by atoms with E-state index in [1.807, 2.05) is 98.9 Å². The third-order valence-electron chi connectivity index (χ3n) is 8.18. The molecule has 210 valence electrons. The van der Waals surface area contributed by atoms with Crippen LogP contribution < -0.4 is 4.90 Å². The van der Waals surface area contributed by atoms with Crippen LogP contribution in [0, 0.1) is 9.49 Å². The van der Waals surface area contributed by atoms with Crippen LogP contribution in [0.3, 0.4) is 0 Å². The molecule has 2 heterocycles. The standard InChI is InChI=1S/C31H35IN2O5Si/c1-21-29(40(2,3)38)27(19-28(36)33(16-17-35)20-22-10-6-4-7-11-22)39-31(21)25-18-23(32)14-15-26(25)34(30(31)37)24-12-8-5-9-13-24/h4-15,18,21,27,29,35,38H,16-17,19-20H2,1-3H3/t21-,27+,29-,31+/m0/s1. The highest BCUT2D eigenvalue weighted by Crippen LogP contribution is 2.60. The zero-order valence-corrected chi connectivity index (χ0v) is 26.1. The molecule has 7 nitrogen and oxygen atoms in total. The quantitative estimate of drug-likeness (QED) is 0.255. The highest BCUT2D eigenvalue weighted by Gasteiger charge is 2.66. The van der Waals surface area contributed by atoms with E-state index in [2.05, 4.69) is 22.6 Å². The van der Waals surface area contributed by atoms with Gasteiger partial charge in [0, 0.05) is 39.4 Å². The highest BCUT2D eigenvalue weighted by atomic mass is 127. The molecular weight excluding hydrogens is 635 g/mol. The van der Waals surface area contributed by atoms with Gasteiger partial charge in [0.15, 0.2) is 13.9 Å². The Hall–Kier alpha value is -2.57. The maximum atomic E-state index is 14.5. The van der Waals surface area contributed by atoms with E-state index in [1.165, 1.54) is 0 Å². The molecule has 0 aliphatic carbocycles. The largest absolute Gasteiger partial charge is 0.432 e. The second-order valence-corrected chi connectivity index (χ2v) is 16.4. The average molecular weight is 671 g/mol. The number of carbonyl (C=O) groups excluding carboxylic acids is 2. The van der Waals surface area contributed by atoms with Crippen molar-refractivity contribution in [1.82, 2.24) is 4.90 Å². The van der Waals surface area contributed by atoms with Crippen molar-refractivity contribution in [3.05, 3.63) is 93.6 Å². The van der Waals surface area contributed by atoms with Crippen LogP contribution in [0.5, 0.6) is 0 Å². The Balaban J connectivity index is 1.53. The monoisotopic (exact) mass is 670 g/mol. The van der Waals surface area contributed by atoms with Crippen LogP contribution in [-0.2, 0) is 26.5 Å². The molecular formula is C31H35IN2O5Si. The first kappa shape index (κ1) is 28.9. The number of para-hydroxylation sites is 1. The summed E-state index contributed by atoms with van der Waals surface area (Å²) in [4.78, 5) is 43.1. The lowest BCUT2D eigenvalue weighted by Crippen LogP contribution is -2.45. The Morgan fingerprint density at radius 3 is 2.35 bits per heavy atom. The third kappa shape index (κ3) is 5.13. The fraction of sp³-hybridized carbons (Fsp3) is 0.355. The van der Waals surface area contributed by atoms with Gasteiger partial charge in [-0.05, 0) is 71.6 Å². The molecule has 3 aromatic carbocycles. The molecule has 0 aromatic heterocycles. The van der Waals surface area contributed by atoms with Gasteiger partial charge in [-0.2, -0.15) is 0 Å². The maximum Gasteiger partial charge on any atom is 0.268 e. The first-order valence-electron chi connectivity index (χ1n) is 13.6. The number of amides is 2. The molecule has 2 N–H and O–H groups in total. The van der Waals surface area contributed by atoms with Gasteiger partial charge in [-0.1, -0.05) is 55.5 Å². The summed E-state index contributed by atoms with van der Waals surface area (Å²) in [6, 6.07) is 25.1. The Bertz CT molecular complexity index is 1380. The Labute approximate surface area is 250 Å². The number of benzene rings is 3. The predicted molar refractivity (Wildman–Crippen MR) is 165 cm³/mol. The zero-order valence-electron chi connectivity index (χ0n) is 23.0. The zero-order chi connectivity index (χ0) is 28.7. The fourth-order valence-electron chi connectivity index (χ4n) is 6.53. The summed E-state index contributed by atoms with van der Waals surface area (Å²) < 4.78 is 7.80. The summed E-state index contributed by atoms with van der Waals surface area (Å²) in [7, 11) is -2.92.